The molecule has 0 N–H and O–H groups in total. The van der Waals surface area contributed by atoms with E-state index in [2.05, 4.69) is 11.9 Å². The molecule has 72 valence electrons. The van der Waals surface area contributed by atoms with Gasteiger partial charge in [-0.3, -0.25) is 0 Å². The summed E-state index contributed by atoms with van der Waals surface area (Å²) in [5.41, 5.74) is 0. The first-order valence-electron chi connectivity index (χ1n) is 4.18. The van der Waals surface area contributed by atoms with Gasteiger partial charge >= 0.3 is 0 Å². The highest BCUT2D eigenvalue weighted by atomic mass is 35.5. The van der Waals surface area contributed by atoms with Crippen LogP contribution < -0.4 is 4.74 Å². The Kier molecular flexibility index (Phi) is 4.33. The summed E-state index contributed by atoms with van der Waals surface area (Å²) in [6.07, 6.45) is 2.13. The molecule has 0 aliphatic carbocycles. The number of aromatic nitrogens is 1. The van der Waals surface area contributed by atoms with Crippen molar-refractivity contribution in [3.8, 4) is 5.75 Å². The zero-order chi connectivity index (χ0) is 9.68. The molecule has 0 atom stereocenters. The van der Waals surface area contributed by atoms with Gasteiger partial charge in [0.05, 0.1) is 6.61 Å². The van der Waals surface area contributed by atoms with Crippen LogP contribution >= 0.6 is 23.2 Å². The predicted molar refractivity (Wildman–Crippen MR) is 54.7 cm³/mol. The Morgan fingerprint density at radius 2 is 1.92 bits per heavy atom. The van der Waals surface area contributed by atoms with Crippen LogP contribution in [0.3, 0.4) is 0 Å². The summed E-state index contributed by atoms with van der Waals surface area (Å²) in [7, 11) is 0. The van der Waals surface area contributed by atoms with Gasteiger partial charge in [0.1, 0.15) is 16.1 Å². The molecule has 0 amide bonds. The first-order valence-corrected chi connectivity index (χ1v) is 4.94. The first kappa shape index (κ1) is 10.6. The van der Waals surface area contributed by atoms with Gasteiger partial charge in [-0.2, -0.15) is 0 Å². The summed E-state index contributed by atoms with van der Waals surface area (Å²) >= 11 is 11.4. The van der Waals surface area contributed by atoms with Gasteiger partial charge in [-0.15, -0.1) is 0 Å². The molecule has 13 heavy (non-hydrogen) atoms. The lowest BCUT2D eigenvalue weighted by Crippen LogP contribution is -1.96. The SMILES string of the molecule is CCCCOc1cc(Cl)nc(Cl)c1. The third kappa shape index (κ3) is 3.83. The molecule has 0 bridgehead atoms. The van der Waals surface area contributed by atoms with Gasteiger partial charge in [0.15, 0.2) is 0 Å². The molecule has 0 saturated heterocycles. The zero-order valence-corrected chi connectivity index (χ0v) is 8.90. The van der Waals surface area contributed by atoms with E-state index in [9.17, 15) is 0 Å². The minimum Gasteiger partial charge on any atom is -0.493 e. The van der Waals surface area contributed by atoms with Gasteiger partial charge in [-0.05, 0) is 6.42 Å². The van der Waals surface area contributed by atoms with Crippen molar-refractivity contribution in [2.75, 3.05) is 6.61 Å². The fraction of sp³-hybridized carbons (Fsp3) is 0.444. The van der Waals surface area contributed by atoms with Crippen LogP contribution in [0.4, 0.5) is 0 Å². The highest BCUT2D eigenvalue weighted by molar-refractivity contribution is 6.32. The Balaban J connectivity index is 2.56. The monoisotopic (exact) mass is 219 g/mol. The van der Waals surface area contributed by atoms with E-state index < -0.39 is 0 Å². The number of hydrogen-bond acceptors (Lipinski definition) is 2. The van der Waals surface area contributed by atoms with Crippen molar-refractivity contribution in [3.05, 3.63) is 22.4 Å². The molecule has 1 rings (SSSR count). The van der Waals surface area contributed by atoms with E-state index in [1.165, 1.54) is 0 Å². The van der Waals surface area contributed by atoms with E-state index in [4.69, 9.17) is 27.9 Å². The number of unbranched alkanes of at least 4 members (excludes halogenated alkanes) is 1. The number of hydrogen-bond donors (Lipinski definition) is 0. The van der Waals surface area contributed by atoms with Crippen LogP contribution in [-0.4, -0.2) is 11.6 Å². The molecule has 1 heterocycles. The van der Waals surface area contributed by atoms with Gasteiger partial charge in [0.25, 0.3) is 0 Å². The highest BCUT2D eigenvalue weighted by Crippen LogP contribution is 2.20. The topological polar surface area (TPSA) is 22.1 Å². The Labute approximate surface area is 87.8 Å². The van der Waals surface area contributed by atoms with Gasteiger partial charge in [-0.1, -0.05) is 36.5 Å². The Morgan fingerprint density at radius 3 is 2.46 bits per heavy atom. The molecule has 0 aliphatic heterocycles. The van der Waals surface area contributed by atoms with E-state index in [-0.39, 0.29) is 0 Å². The molecule has 2 nitrogen and oxygen atoms in total. The van der Waals surface area contributed by atoms with Crippen LogP contribution in [0.2, 0.25) is 10.3 Å². The molecule has 0 spiro atoms. The Hall–Kier alpha value is -0.470. The van der Waals surface area contributed by atoms with E-state index >= 15 is 0 Å². The standard InChI is InChI=1S/C9H11Cl2NO/c1-2-3-4-13-7-5-8(10)12-9(11)6-7/h5-6H,2-4H2,1H3. The molecule has 0 aliphatic rings. The second kappa shape index (κ2) is 5.30. The quantitative estimate of drug-likeness (QED) is 0.571. The molecule has 4 heteroatoms. The highest BCUT2D eigenvalue weighted by Gasteiger charge is 1.99. The average molecular weight is 220 g/mol. The van der Waals surface area contributed by atoms with Crippen LogP contribution in [0.5, 0.6) is 5.75 Å². The minimum atomic E-state index is 0.360. The second-order valence-electron chi connectivity index (χ2n) is 2.65. The largest absolute Gasteiger partial charge is 0.493 e. The number of rotatable bonds is 4. The molecule has 1 aromatic rings. The molecule has 0 radical (unpaired) electrons. The minimum absolute atomic E-state index is 0.360. The van der Waals surface area contributed by atoms with Gasteiger partial charge in [-0.25, -0.2) is 4.98 Å². The van der Waals surface area contributed by atoms with Crippen LogP contribution in [0.25, 0.3) is 0 Å². The van der Waals surface area contributed by atoms with E-state index in [1.54, 1.807) is 12.1 Å². The van der Waals surface area contributed by atoms with Crippen molar-refractivity contribution in [2.45, 2.75) is 19.8 Å². The van der Waals surface area contributed by atoms with Gasteiger partial charge < -0.3 is 4.74 Å². The van der Waals surface area contributed by atoms with E-state index in [0.29, 0.717) is 22.7 Å². The molecule has 0 aromatic carbocycles. The second-order valence-corrected chi connectivity index (χ2v) is 3.42. The van der Waals surface area contributed by atoms with Crippen molar-refractivity contribution in [1.82, 2.24) is 4.98 Å². The number of halogens is 2. The smallest absolute Gasteiger partial charge is 0.134 e. The van der Waals surface area contributed by atoms with Crippen molar-refractivity contribution in [3.63, 3.8) is 0 Å². The molecule has 0 unspecified atom stereocenters. The summed E-state index contributed by atoms with van der Waals surface area (Å²) in [5, 5.41) is 0.720. The fourth-order valence-electron chi connectivity index (χ4n) is 0.861. The maximum atomic E-state index is 5.69. The lowest BCUT2D eigenvalue weighted by atomic mass is 10.3. The van der Waals surface area contributed by atoms with Gasteiger partial charge in [0, 0.05) is 12.1 Å². The number of ether oxygens (including phenoxy) is 1. The maximum absolute atomic E-state index is 5.69. The van der Waals surface area contributed by atoms with Crippen LogP contribution in [-0.2, 0) is 0 Å². The maximum Gasteiger partial charge on any atom is 0.134 e. The number of pyridine rings is 1. The molecule has 1 aromatic heterocycles. The Morgan fingerprint density at radius 1 is 1.31 bits per heavy atom. The molecular formula is C9H11Cl2NO. The third-order valence-corrected chi connectivity index (χ3v) is 1.89. The summed E-state index contributed by atoms with van der Waals surface area (Å²) in [6, 6.07) is 3.31. The van der Waals surface area contributed by atoms with E-state index in [0.717, 1.165) is 12.8 Å². The Bertz CT molecular complexity index is 258. The normalized spacial score (nSPS) is 10.1. The summed E-state index contributed by atoms with van der Waals surface area (Å²) in [4.78, 5) is 3.81. The lowest BCUT2D eigenvalue weighted by Gasteiger charge is -2.05. The third-order valence-electron chi connectivity index (χ3n) is 1.50. The molecular weight excluding hydrogens is 209 g/mol. The zero-order valence-electron chi connectivity index (χ0n) is 7.39. The molecule has 0 saturated carbocycles. The van der Waals surface area contributed by atoms with Crippen LogP contribution in [0, 0.1) is 0 Å². The lowest BCUT2D eigenvalue weighted by molar-refractivity contribution is 0.309. The van der Waals surface area contributed by atoms with Crippen LogP contribution in [0.1, 0.15) is 19.8 Å². The average Bonchev–Trinajstić information content (AvgIpc) is 2.03. The summed E-state index contributed by atoms with van der Waals surface area (Å²) in [5.74, 6) is 0.679. The predicted octanol–water partition coefficient (Wildman–Crippen LogP) is 3.57. The van der Waals surface area contributed by atoms with Crippen LogP contribution in [0.15, 0.2) is 12.1 Å². The molecule has 0 fully saturated rings. The van der Waals surface area contributed by atoms with Crippen molar-refractivity contribution < 1.29 is 4.74 Å². The fourth-order valence-corrected chi connectivity index (χ4v) is 1.30. The van der Waals surface area contributed by atoms with Crippen molar-refractivity contribution in [1.29, 1.82) is 0 Å². The number of nitrogens with zero attached hydrogens (tertiary/aromatic N) is 1. The van der Waals surface area contributed by atoms with Crippen molar-refractivity contribution >= 4 is 23.2 Å². The first-order chi connectivity index (χ1) is 6.22. The summed E-state index contributed by atoms with van der Waals surface area (Å²) in [6.45, 7) is 2.79. The van der Waals surface area contributed by atoms with E-state index in [1.807, 2.05) is 0 Å². The van der Waals surface area contributed by atoms with Crippen molar-refractivity contribution in [2.24, 2.45) is 0 Å². The van der Waals surface area contributed by atoms with Gasteiger partial charge in [0.2, 0.25) is 0 Å². The summed E-state index contributed by atoms with van der Waals surface area (Å²) < 4.78 is 5.40.